The zero-order valence-electron chi connectivity index (χ0n) is 8.75. The smallest absolute Gasteiger partial charge is 0.152 e. The van der Waals surface area contributed by atoms with E-state index in [4.69, 9.17) is 0 Å². The number of rotatable bonds is 2. The van der Waals surface area contributed by atoms with E-state index in [0.717, 1.165) is 0 Å². The van der Waals surface area contributed by atoms with Crippen molar-refractivity contribution in [3.05, 3.63) is 0 Å². The van der Waals surface area contributed by atoms with Crippen LogP contribution in [0.4, 0.5) is 0 Å². The van der Waals surface area contributed by atoms with Crippen molar-refractivity contribution in [2.45, 2.75) is 18.3 Å². The van der Waals surface area contributed by atoms with Crippen LogP contribution in [0.15, 0.2) is 0 Å². The molecule has 2 rings (SSSR count). The van der Waals surface area contributed by atoms with Crippen LogP contribution in [0.1, 0.15) is 0 Å². The third-order valence-electron chi connectivity index (χ3n) is 2.82. The molecule has 0 aliphatic carbocycles. The summed E-state index contributed by atoms with van der Waals surface area (Å²) in [7, 11) is -5.83. The minimum atomic E-state index is -2.91. The average molecular weight is 522 g/mol. The molecule has 0 N–H and O–H groups in total. The van der Waals surface area contributed by atoms with Gasteiger partial charge in [0.2, 0.25) is 0 Å². The fourth-order valence-corrected chi connectivity index (χ4v) is 13.8. The molecule has 17 heavy (non-hydrogen) atoms. The minimum Gasteiger partial charge on any atom is -0.229 e. The van der Waals surface area contributed by atoms with Crippen molar-refractivity contribution in [3.63, 3.8) is 0 Å². The lowest BCUT2D eigenvalue weighted by atomic mass is 10.4. The molecule has 0 radical (unpaired) electrons. The van der Waals surface area contributed by atoms with E-state index in [1.165, 1.54) is 0 Å². The molecular formula is C8H12I2O4S3. The fourth-order valence-electron chi connectivity index (χ4n) is 2.02. The van der Waals surface area contributed by atoms with Crippen LogP contribution < -0.4 is 0 Å². The van der Waals surface area contributed by atoms with E-state index >= 15 is 0 Å². The number of thioether (sulfide) groups is 1. The Bertz CT molecular complexity index is 455. The first kappa shape index (κ1) is 15.1. The lowest BCUT2D eigenvalue weighted by Gasteiger charge is -2.18. The third kappa shape index (κ3) is 3.85. The summed E-state index contributed by atoms with van der Waals surface area (Å²) in [5.41, 5.74) is 0. The first-order chi connectivity index (χ1) is 7.69. The molecule has 2 saturated heterocycles. The van der Waals surface area contributed by atoms with Crippen molar-refractivity contribution in [1.82, 2.24) is 0 Å². The molecule has 2 fully saturated rings. The Hall–Kier alpha value is 1.71. The molecule has 100 valence electrons. The molecule has 0 amide bonds. The van der Waals surface area contributed by atoms with Crippen LogP contribution in [0.5, 0.6) is 0 Å². The lowest BCUT2D eigenvalue weighted by Crippen LogP contribution is -2.23. The van der Waals surface area contributed by atoms with Gasteiger partial charge in [0.1, 0.15) is 0 Å². The van der Waals surface area contributed by atoms with E-state index in [0.29, 0.717) is 0 Å². The first-order valence-electron chi connectivity index (χ1n) is 5.03. The van der Waals surface area contributed by atoms with Crippen LogP contribution >= 0.6 is 56.9 Å². The van der Waals surface area contributed by atoms with Gasteiger partial charge in [0.15, 0.2) is 19.7 Å². The van der Waals surface area contributed by atoms with Gasteiger partial charge in [0.05, 0.1) is 23.0 Å². The van der Waals surface area contributed by atoms with Crippen molar-refractivity contribution in [2.75, 3.05) is 23.0 Å². The van der Waals surface area contributed by atoms with Gasteiger partial charge in [0.25, 0.3) is 0 Å². The van der Waals surface area contributed by atoms with E-state index in [2.05, 4.69) is 45.2 Å². The van der Waals surface area contributed by atoms with Crippen molar-refractivity contribution < 1.29 is 16.8 Å². The normalized spacial score (nSPS) is 43.9. The second kappa shape index (κ2) is 5.24. The quantitative estimate of drug-likeness (QED) is 0.399. The summed E-state index contributed by atoms with van der Waals surface area (Å²) in [5, 5.41) is 0.104. The molecule has 9 heteroatoms. The summed E-state index contributed by atoms with van der Waals surface area (Å²) in [6, 6.07) is 0. The number of hydrogen-bond acceptors (Lipinski definition) is 5. The highest BCUT2D eigenvalue weighted by molar-refractivity contribution is 14.1. The number of hydrogen-bond donors (Lipinski definition) is 0. The summed E-state index contributed by atoms with van der Waals surface area (Å²) in [6.45, 7) is 0. The minimum absolute atomic E-state index is 0.0520. The number of halogens is 2. The second-order valence-corrected chi connectivity index (χ2v) is 13.4. The molecular weight excluding hydrogens is 510 g/mol. The van der Waals surface area contributed by atoms with Crippen molar-refractivity contribution in [1.29, 1.82) is 0 Å². The maximum atomic E-state index is 11.5. The van der Waals surface area contributed by atoms with Crippen LogP contribution in [0.25, 0.3) is 0 Å². The van der Waals surface area contributed by atoms with Crippen LogP contribution in [-0.4, -0.2) is 58.2 Å². The van der Waals surface area contributed by atoms with E-state index in [9.17, 15) is 16.8 Å². The van der Waals surface area contributed by atoms with E-state index in [1.54, 1.807) is 11.8 Å². The Balaban J connectivity index is 2.04. The SMILES string of the molecule is O=S1(=O)C[C@@H](I)[C@H](S[C@@H]2CS(=O)(=O)C[C@@H]2I)C1. The van der Waals surface area contributed by atoms with Crippen molar-refractivity contribution in [3.8, 4) is 0 Å². The van der Waals surface area contributed by atoms with Gasteiger partial charge in [-0.15, -0.1) is 0 Å². The van der Waals surface area contributed by atoms with Gasteiger partial charge >= 0.3 is 0 Å². The van der Waals surface area contributed by atoms with Gasteiger partial charge in [-0.05, 0) is 0 Å². The Morgan fingerprint density at radius 3 is 1.35 bits per heavy atom. The van der Waals surface area contributed by atoms with E-state index in [-0.39, 0.29) is 41.4 Å². The summed E-state index contributed by atoms with van der Waals surface area (Å²) in [4.78, 5) is 0. The third-order valence-corrected chi connectivity index (χ3v) is 13.2. The molecule has 2 aliphatic heterocycles. The van der Waals surface area contributed by atoms with Gasteiger partial charge < -0.3 is 0 Å². The van der Waals surface area contributed by atoms with Crippen LogP contribution in [0.3, 0.4) is 0 Å². The average Bonchev–Trinajstić information content (AvgIpc) is 2.50. The number of sulfone groups is 2. The van der Waals surface area contributed by atoms with Gasteiger partial charge in [-0.25, -0.2) is 16.8 Å². The Morgan fingerprint density at radius 2 is 1.12 bits per heavy atom. The topological polar surface area (TPSA) is 68.3 Å². The highest BCUT2D eigenvalue weighted by Gasteiger charge is 2.43. The fraction of sp³-hybridized carbons (Fsp3) is 1.00. The Labute approximate surface area is 133 Å². The van der Waals surface area contributed by atoms with Gasteiger partial charge in [-0.1, -0.05) is 45.2 Å². The summed E-state index contributed by atoms with van der Waals surface area (Å²) in [5.74, 6) is 0.865. The Morgan fingerprint density at radius 1 is 0.765 bits per heavy atom. The molecule has 4 atom stereocenters. The van der Waals surface area contributed by atoms with E-state index < -0.39 is 19.7 Å². The predicted molar refractivity (Wildman–Crippen MR) is 88.1 cm³/mol. The highest BCUT2D eigenvalue weighted by Crippen LogP contribution is 2.38. The van der Waals surface area contributed by atoms with Crippen molar-refractivity contribution >= 4 is 76.6 Å². The monoisotopic (exact) mass is 522 g/mol. The second-order valence-electron chi connectivity index (χ2n) is 4.40. The summed E-state index contributed by atoms with van der Waals surface area (Å²) < 4.78 is 46.2. The molecule has 0 aromatic heterocycles. The van der Waals surface area contributed by atoms with Gasteiger partial charge in [-0.2, -0.15) is 11.8 Å². The van der Waals surface area contributed by atoms with Crippen molar-refractivity contribution in [2.24, 2.45) is 0 Å². The molecule has 0 bridgehead atoms. The largest absolute Gasteiger partial charge is 0.229 e. The zero-order chi connectivity index (χ0) is 12.8. The molecule has 0 spiro atoms. The standard InChI is InChI=1S/C8H12I2O4S3/c9-5-1-16(11,12)3-7(5)15-8-4-17(13,14)2-6(8)10/h5-8H,1-4H2/t5-,6+,7-,8-/m1/s1. The van der Waals surface area contributed by atoms with Crippen LogP contribution in [-0.2, 0) is 19.7 Å². The maximum absolute atomic E-state index is 11.5. The van der Waals surface area contributed by atoms with Crippen LogP contribution in [0, 0.1) is 0 Å². The molecule has 2 aliphatic rings. The first-order valence-corrected chi connectivity index (χ1v) is 12.1. The lowest BCUT2D eigenvalue weighted by molar-refractivity contribution is 0.601. The van der Waals surface area contributed by atoms with Crippen LogP contribution in [0.2, 0.25) is 0 Å². The molecule has 0 saturated carbocycles. The molecule has 2 heterocycles. The number of alkyl halides is 2. The molecule has 4 nitrogen and oxygen atoms in total. The molecule has 0 unspecified atom stereocenters. The van der Waals surface area contributed by atoms with E-state index in [1.807, 2.05) is 0 Å². The maximum Gasteiger partial charge on any atom is 0.152 e. The summed E-state index contributed by atoms with van der Waals surface area (Å²) >= 11 is 5.90. The molecule has 0 aromatic rings. The summed E-state index contributed by atoms with van der Waals surface area (Å²) in [6.07, 6.45) is 0. The highest BCUT2D eigenvalue weighted by atomic mass is 127. The predicted octanol–water partition coefficient (Wildman–Crippen LogP) is 0.921. The molecule has 0 aromatic carbocycles. The van der Waals surface area contributed by atoms with Gasteiger partial charge in [0, 0.05) is 18.3 Å². The zero-order valence-corrected chi connectivity index (χ0v) is 15.5. The Kier molecular flexibility index (Phi) is 4.66. The van der Waals surface area contributed by atoms with Gasteiger partial charge in [-0.3, -0.25) is 0 Å².